The summed E-state index contributed by atoms with van der Waals surface area (Å²) in [6.45, 7) is 0. The van der Waals surface area contributed by atoms with Crippen LogP contribution in [0.3, 0.4) is 0 Å². The third kappa shape index (κ3) is 2.57. The van der Waals surface area contributed by atoms with Crippen LogP contribution in [0.25, 0.3) is 0 Å². The molecule has 2 aromatic rings. The van der Waals surface area contributed by atoms with Crippen LogP contribution in [0.1, 0.15) is 0 Å². The average molecular weight is 214 g/mol. The van der Waals surface area contributed by atoms with E-state index in [-0.39, 0.29) is 0 Å². The van der Waals surface area contributed by atoms with Gasteiger partial charge in [-0.1, -0.05) is 18.2 Å². The molecule has 2 rings (SSSR count). The maximum Gasteiger partial charge on any atom is 0.161 e. The maximum atomic E-state index is 9.86. The number of rotatable bonds is 4. The minimum absolute atomic E-state index is 0.425. The Morgan fingerprint density at radius 2 is 1.50 bits per heavy atom. The van der Waals surface area contributed by atoms with E-state index < -0.39 is 0 Å². The van der Waals surface area contributed by atoms with Crippen LogP contribution in [0, 0.1) is 4.91 Å². The molecular weight excluding hydrogens is 204 g/mol. The van der Waals surface area contributed by atoms with Gasteiger partial charge in [0, 0.05) is 11.4 Å². The summed E-state index contributed by atoms with van der Waals surface area (Å²) in [5, 5.41) is 5.56. The molecule has 0 aromatic heterocycles. The Morgan fingerprint density at radius 3 is 2.12 bits per heavy atom. The molecule has 0 atom stereocenters. The molecule has 0 spiro atoms. The van der Waals surface area contributed by atoms with Gasteiger partial charge in [-0.25, -0.2) is 0 Å². The summed E-state index contributed by atoms with van der Waals surface area (Å²) in [6.07, 6.45) is 0. The van der Waals surface area contributed by atoms with Gasteiger partial charge in [-0.05, 0) is 36.4 Å². The Balaban J connectivity index is 2.08. The predicted octanol–water partition coefficient (Wildman–Crippen LogP) is 3.49. The molecule has 0 saturated heterocycles. The van der Waals surface area contributed by atoms with E-state index >= 15 is 0 Å². The van der Waals surface area contributed by atoms with Gasteiger partial charge in [0.2, 0.25) is 0 Å². The molecule has 4 nitrogen and oxygen atoms in total. The zero-order chi connectivity index (χ0) is 11.2. The van der Waals surface area contributed by atoms with Crippen LogP contribution in [0.5, 0.6) is 5.75 Å². The number of anilines is 2. The lowest BCUT2D eigenvalue weighted by atomic mass is 10.2. The normalized spacial score (nSPS) is 9.50. The third-order valence-corrected chi connectivity index (χ3v) is 2.06. The van der Waals surface area contributed by atoms with Crippen molar-refractivity contribution in [2.75, 3.05) is 5.32 Å². The quantitative estimate of drug-likeness (QED) is 0.626. The summed E-state index contributed by atoms with van der Waals surface area (Å²) in [5.74, 6) is 0.425. The molecule has 0 radical (unpaired) electrons. The van der Waals surface area contributed by atoms with Gasteiger partial charge in [0.15, 0.2) is 11.1 Å². The van der Waals surface area contributed by atoms with Gasteiger partial charge < -0.3 is 10.2 Å². The molecule has 0 amide bonds. The Morgan fingerprint density at radius 1 is 0.875 bits per heavy atom. The van der Waals surface area contributed by atoms with E-state index in [1.807, 2.05) is 42.5 Å². The molecule has 0 heterocycles. The second kappa shape index (κ2) is 4.93. The minimum Gasteiger partial charge on any atom is -0.356 e. The first-order chi connectivity index (χ1) is 7.88. The lowest BCUT2D eigenvalue weighted by Gasteiger charge is -2.05. The van der Waals surface area contributed by atoms with Crippen molar-refractivity contribution in [3.05, 3.63) is 59.5 Å². The van der Waals surface area contributed by atoms with Gasteiger partial charge in [-0.15, -0.1) is 4.91 Å². The van der Waals surface area contributed by atoms with Crippen molar-refractivity contribution in [2.24, 2.45) is 5.34 Å². The predicted molar refractivity (Wildman–Crippen MR) is 62.6 cm³/mol. The van der Waals surface area contributed by atoms with Crippen LogP contribution in [0.4, 0.5) is 11.4 Å². The van der Waals surface area contributed by atoms with Crippen molar-refractivity contribution in [1.29, 1.82) is 0 Å². The van der Waals surface area contributed by atoms with E-state index in [0.717, 1.165) is 11.4 Å². The largest absolute Gasteiger partial charge is 0.356 e. The van der Waals surface area contributed by atoms with Gasteiger partial charge in [0.25, 0.3) is 0 Å². The molecule has 80 valence electrons. The smallest absolute Gasteiger partial charge is 0.161 e. The van der Waals surface area contributed by atoms with Gasteiger partial charge in [-0.2, -0.15) is 0 Å². The highest BCUT2D eigenvalue weighted by Gasteiger charge is 1.96. The molecule has 0 saturated carbocycles. The molecule has 1 N–H and O–H groups in total. The lowest BCUT2D eigenvalue weighted by molar-refractivity contribution is 0.335. The first-order valence-corrected chi connectivity index (χ1v) is 4.80. The number of benzene rings is 2. The SMILES string of the molecule is O=NOc1ccc(Nc2ccccc2)cc1. The molecule has 16 heavy (non-hydrogen) atoms. The lowest BCUT2D eigenvalue weighted by Crippen LogP contribution is -1.89. The number of nitrogens with zero attached hydrogens (tertiary/aromatic N) is 1. The molecular formula is C12H10N2O2. The Labute approximate surface area is 92.8 Å². The second-order valence-corrected chi connectivity index (χ2v) is 3.18. The van der Waals surface area contributed by atoms with Crippen molar-refractivity contribution < 1.29 is 4.84 Å². The van der Waals surface area contributed by atoms with E-state index in [1.54, 1.807) is 12.1 Å². The van der Waals surface area contributed by atoms with Crippen molar-refractivity contribution in [3.8, 4) is 5.75 Å². The average Bonchev–Trinajstić information content (AvgIpc) is 2.33. The molecule has 4 heteroatoms. The highest BCUT2D eigenvalue weighted by atomic mass is 16.7. The highest BCUT2D eigenvalue weighted by Crippen LogP contribution is 2.19. The van der Waals surface area contributed by atoms with Crippen molar-refractivity contribution in [2.45, 2.75) is 0 Å². The number of nitrogens with one attached hydrogen (secondary N) is 1. The molecule has 0 fully saturated rings. The van der Waals surface area contributed by atoms with E-state index in [0.29, 0.717) is 5.75 Å². The number of hydrogen-bond donors (Lipinski definition) is 1. The van der Waals surface area contributed by atoms with E-state index in [4.69, 9.17) is 0 Å². The summed E-state index contributed by atoms with van der Waals surface area (Å²) in [6, 6.07) is 16.8. The molecule has 0 aliphatic rings. The summed E-state index contributed by atoms with van der Waals surface area (Å²) in [7, 11) is 0. The minimum atomic E-state index is 0.425. The van der Waals surface area contributed by atoms with Gasteiger partial charge in [0.05, 0.1) is 0 Å². The highest BCUT2D eigenvalue weighted by molar-refractivity contribution is 5.59. The summed E-state index contributed by atoms with van der Waals surface area (Å²) < 4.78 is 0. The second-order valence-electron chi connectivity index (χ2n) is 3.18. The zero-order valence-electron chi connectivity index (χ0n) is 8.46. The third-order valence-electron chi connectivity index (χ3n) is 2.06. The van der Waals surface area contributed by atoms with Gasteiger partial charge in [0.1, 0.15) is 0 Å². The molecule has 0 unspecified atom stereocenters. The van der Waals surface area contributed by atoms with Gasteiger partial charge in [-0.3, -0.25) is 0 Å². The van der Waals surface area contributed by atoms with Crippen molar-refractivity contribution in [3.63, 3.8) is 0 Å². The number of para-hydroxylation sites is 1. The van der Waals surface area contributed by atoms with Crippen molar-refractivity contribution in [1.82, 2.24) is 0 Å². The fourth-order valence-electron chi connectivity index (χ4n) is 1.33. The molecule has 0 aliphatic heterocycles. The van der Waals surface area contributed by atoms with E-state index in [9.17, 15) is 4.91 Å². The molecule has 0 aliphatic carbocycles. The van der Waals surface area contributed by atoms with E-state index in [2.05, 4.69) is 15.5 Å². The molecule has 2 aromatic carbocycles. The van der Waals surface area contributed by atoms with Crippen LogP contribution < -0.4 is 10.2 Å². The monoisotopic (exact) mass is 214 g/mol. The van der Waals surface area contributed by atoms with Crippen molar-refractivity contribution >= 4 is 11.4 Å². The van der Waals surface area contributed by atoms with Crippen LogP contribution in [0.2, 0.25) is 0 Å². The van der Waals surface area contributed by atoms with Crippen LogP contribution in [-0.4, -0.2) is 0 Å². The first-order valence-electron chi connectivity index (χ1n) is 4.80. The fraction of sp³-hybridized carbons (Fsp3) is 0. The topological polar surface area (TPSA) is 50.7 Å². The first kappa shape index (κ1) is 10.2. The van der Waals surface area contributed by atoms with Crippen LogP contribution in [0.15, 0.2) is 59.9 Å². The zero-order valence-corrected chi connectivity index (χ0v) is 8.46. The summed E-state index contributed by atoms with van der Waals surface area (Å²) in [5.41, 5.74) is 1.93. The molecule has 0 bridgehead atoms. The fourth-order valence-corrected chi connectivity index (χ4v) is 1.33. The van der Waals surface area contributed by atoms with Crippen LogP contribution in [-0.2, 0) is 0 Å². The Kier molecular flexibility index (Phi) is 3.13. The van der Waals surface area contributed by atoms with Crippen LogP contribution >= 0.6 is 0 Å². The van der Waals surface area contributed by atoms with Gasteiger partial charge >= 0.3 is 0 Å². The maximum absolute atomic E-state index is 9.86. The number of hydrogen-bond acceptors (Lipinski definition) is 4. The van der Waals surface area contributed by atoms with E-state index in [1.165, 1.54) is 0 Å². The standard InChI is InChI=1S/C12H10N2O2/c15-14-16-12-8-6-11(7-9-12)13-10-4-2-1-3-5-10/h1-9,13H. The summed E-state index contributed by atoms with van der Waals surface area (Å²) in [4.78, 5) is 14.3. The Bertz CT molecular complexity index is 454. The Hall–Kier alpha value is -2.36. The summed E-state index contributed by atoms with van der Waals surface area (Å²) >= 11 is 0.